The van der Waals surface area contributed by atoms with Gasteiger partial charge >= 0.3 is 0 Å². The van der Waals surface area contributed by atoms with Crippen molar-refractivity contribution in [2.45, 2.75) is 60.8 Å². The Hall–Kier alpha value is -2.12. The van der Waals surface area contributed by atoms with Gasteiger partial charge in [-0.05, 0) is 106 Å². The van der Waals surface area contributed by atoms with Gasteiger partial charge in [-0.15, -0.1) is 11.3 Å². The molecule has 3 aliphatic rings. The highest BCUT2D eigenvalue weighted by molar-refractivity contribution is 7.11. The molecule has 1 fully saturated rings. The van der Waals surface area contributed by atoms with E-state index in [4.69, 9.17) is 0 Å². The van der Waals surface area contributed by atoms with Crippen molar-refractivity contribution in [2.24, 2.45) is 23.2 Å². The molecule has 1 heterocycles. The van der Waals surface area contributed by atoms with Crippen LogP contribution < -0.4 is 9.75 Å². The number of allylic oxidation sites excluding steroid dienone is 9. The van der Waals surface area contributed by atoms with Crippen molar-refractivity contribution in [3.63, 3.8) is 0 Å². The third-order valence-corrected chi connectivity index (χ3v) is 9.47. The highest BCUT2D eigenvalue weighted by atomic mass is 32.1. The Balaban J connectivity index is 2.07. The third-order valence-electron chi connectivity index (χ3n) is 8.40. The molecule has 4 unspecified atom stereocenters. The molecule has 1 spiro atoms. The lowest BCUT2D eigenvalue weighted by molar-refractivity contribution is 0.0905. The zero-order chi connectivity index (χ0) is 23.2. The van der Waals surface area contributed by atoms with Gasteiger partial charge in [-0.3, -0.25) is 0 Å². The van der Waals surface area contributed by atoms with E-state index in [-0.39, 0.29) is 5.41 Å². The fourth-order valence-corrected chi connectivity index (χ4v) is 7.84. The van der Waals surface area contributed by atoms with E-state index in [9.17, 15) is 0 Å². The first kappa shape index (κ1) is 23.1. The van der Waals surface area contributed by atoms with Gasteiger partial charge in [0.05, 0.1) is 0 Å². The molecule has 0 aromatic carbocycles. The molecule has 0 N–H and O–H groups in total. The lowest BCUT2D eigenvalue weighted by atomic mass is 9.49. The van der Waals surface area contributed by atoms with Crippen LogP contribution in [0.4, 0.5) is 0 Å². The Morgan fingerprint density at radius 3 is 2.38 bits per heavy atom. The standard InChI is InChI=1S/C31H38S/c1-9-12-25-26(23(8)32-30(25)11-3)18-29-22(7)21(6)27(13-10-2)31(29)20(5)16-24-15-14-19(4)28(31)17-24/h9-14,18,20,24,28H,3,8,15-17H2,1-2,4-7H3/b12-9-,13-10-,26-18+. The largest absolute Gasteiger partial charge is 0.136 e. The third kappa shape index (κ3) is 3.24. The van der Waals surface area contributed by atoms with Crippen molar-refractivity contribution >= 4 is 36.1 Å². The van der Waals surface area contributed by atoms with Gasteiger partial charge in [0.2, 0.25) is 0 Å². The fraction of sp³-hybridized carbons (Fsp3) is 0.419. The maximum Gasteiger partial charge on any atom is 0.0349 e. The average Bonchev–Trinajstić information content (AvgIpc) is 3.17. The topological polar surface area (TPSA) is 0 Å². The number of fused-ring (bicyclic) bond motifs is 3. The summed E-state index contributed by atoms with van der Waals surface area (Å²) in [5.41, 5.74) is 8.90. The zero-order valence-electron chi connectivity index (χ0n) is 20.7. The molecule has 32 heavy (non-hydrogen) atoms. The van der Waals surface area contributed by atoms with Gasteiger partial charge in [-0.25, -0.2) is 0 Å². The van der Waals surface area contributed by atoms with E-state index in [1.807, 2.05) is 6.08 Å². The first-order valence-corrected chi connectivity index (χ1v) is 12.9. The minimum atomic E-state index is 0.0497. The highest BCUT2D eigenvalue weighted by Crippen LogP contribution is 2.65. The van der Waals surface area contributed by atoms with Gasteiger partial charge in [0.1, 0.15) is 0 Å². The molecule has 2 bridgehead atoms. The normalized spacial score (nSPS) is 31.0. The van der Waals surface area contributed by atoms with Crippen molar-refractivity contribution in [3.8, 4) is 0 Å². The molecule has 0 amide bonds. The summed E-state index contributed by atoms with van der Waals surface area (Å²) in [5, 5.41) is 1.28. The van der Waals surface area contributed by atoms with E-state index in [0.29, 0.717) is 11.8 Å². The maximum atomic E-state index is 4.45. The summed E-state index contributed by atoms with van der Waals surface area (Å²) in [6.07, 6.45) is 19.9. The van der Waals surface area contributed by atoms with E-state index < -0.39 is 0 Å². The summed E-state index contributed by atoms with van der Waals surface area (Å²) in [7, 11) is 0. The number of hydrogen-bond acceptors (Lipinski definition) is 1. The van der Waals surface area contributed by atoms with Crippen molar-refractivity contribution in [3.05, 3.63) is 78.9 Å². The van der Waals surface area contributed by atoms with Crippen LogP contribution in [0.3, 0.4) is 0 Å². The molecule has 4 atom stereocenters. The van der Waals surface area contributed by atoms with Gasteiger partial charge in [0.15, 0.2) is 0 Å². The Morgan fingerprint density at radius 1 is 1.03 bits per heavy atom. The summed E-state index contributed by atoms with van der Waals surface area (Å²) >= 11 is 1.76. The Kier molecular flexibility index (Phi) is 6.25. The van der Waals surface area contributed by atoms with Gasteiger partial charge in [-0.2, -0.15) is 0 Å². The molecule has 0 radical (unpaired) electrons. The van der Waals surface area contributed by atoms with Gasteiger partial charge in [-0.1, -0.05) is 62.1 Å². The molecule has 1 aromatic heterocycles. The van der Waals surface area contributed by atoms with Crippen molar-refractivity contribution in [1.82, 2.24) is 0 Å². The van der Waals surface area contributed by atoms with Crippen LogP contribution >= 0.6 is 11.3 Å². The van der Waals surface area contributed by atoms with Crippen LogP contribution in [0.15, 0.2) is 58.7 Å². The van der Waals surface area contributed by atoms with Crippen molar-refractivity contribution < 1.29 is 0 Å². The SMILES string of the molecule is C=Cc1sc(=C)/c(=C\C2=C(C)C(C)=C(/C=C\C)C23C(C)CC2CC=C(C)C3C2)c1/C=C\C. The average molecular weight is 443 g/mol. The predicted octanol–water partition coefficient (Wildman–Crippen LogP) is 7.84. The predicted molar refractivity (Wildman–Crippen MR) is 145 cm³/mol. The Morgan fingerprint density at radius 2 is 1.72 bits per heavy atom. The van der Waals surface area contributed by atoms with E-state index in [1.165, 1.54) is 51.6 Å². The van der Waals surface area contributed by atoms with Crippen LogP contribution in [-0.4, -0.2) is 0 Å². The molecule has 1 heteroatoms. The summed E-state index contributed by atoms with van der Waals surface area (Å²) in [5.74, 6) is 2.01. The molecule has 4 rings (SSSR count). The Labute approximate surface area is 198 Å². The maximum absolute atomic E-state index is 4.45. The minimum Gasteiger partial charge on any atom is -0.136 e. The quantitative estimate of drug-likeness (QED) is 0.417. The van der Waals surface area contributed by atoms with Gasteiger partial charge < -0.3 is 0 Å². The van der Waals surface area contributed by atoms with Crippen molar-refractivity contribution in [1.29, 1.82) is 0 Å². The van der Waals surface area contributed by atoms with E-state index in [2.05, 4.69) is 91.2 Å². The zero-order valence-corrected chi connectivity index (χ0v) is 21.5. The monoisotopic (exact) mass is 442 g/mol. The summed E-state index contributed by atoms with van der Waals surface area (Å²) in [6, 6.07) is 0. The van der Waals surface area contributed by atoms with Gasteiger partial charge in [0, 0.05) is 20.0 Å². The first-order chi connectivity index (χ1) is 15.3. The Bertz CT molecular complexity index is 1210. The minimum absolute atomic E-state index is 0.0497. The lowest BCUT2D eigenvalue weighted by Gasteiger charge is -2.54. The van der Waals surface area contributed by atoms with Gasteiger partial charge in [0.25, 0.3) is 0 Å². The highest BCUT2D eigenvalue weighted by Gasteiger charge is 2.56. The number of thiophene rings is 1. The molecule has 0 saturated heterocycles. The van der Waals surface area contributed by atoms with Crippen LogP contribution in [-0.2, 0) is 0 Å². The second-order valence-electron chi connectivity index (χ2n) is 9.99. The second kappa shape index (κ2) is 8.67. The van der Waals surface area contributed by atoms with E-state index >= 15 is 0 Å². The summed E-state index contributed by atoms with van der Waals surface area (Å²) in [6.45, 7) is 22.4. The fourth-order valence-electron chi connectivity index (χ4n) is 6.93. The molecular weight excluding hydrogens is 404 g/mol. The smallest absolute Gasteiger partial charge is 0.0349 e. The summed E-state index contributed by atoms with van der Waals surface area (Å²) < 4.78 is 1.14. The molecule has 0 aliphatic heterocycles. The van der Waals surface area contributed by atoms with Crippen LogP contribution in [0, 0.1) is 23.2 Å². The van der Waals surface area contributed by atoms with Crippen LogP contribution in [0.2, 0.25) is 0 Å². The number of rotatable bonds is 4. The second-order valence-corrected chi connectivity index (χ2v) is 11.1. The molecule has 1 saturated carbocycles. The molecule has 3 aliphatic carbocycles. The van der Waals surface area contributed by atoms with Crippen LogP contribution in [0.5, 0.6) is 0 Å². The number of hydrogen-bond donors (Lipinski definition) is 0. The first-order valence-electron chi connectivity index (χ1n) is 12.1. The molecule has 0 nitrogen and oxygen atoms in total. The van der Waals surface area contributed by atoms with E-state index in [1.54, 1.807) is 22.5 Å². The van der Waals surface area contributed by atoms with Crippen LogP contribution in [0.1, 0.15) is 71.2 Å². The van der Waals surface area contributed by atoms with Crippen molar-refractivity contribution in [2.75, 3.05) is 0 Å². The molecule has 168 valence electrons. The molecule has 1 aromatic rings. The summed E-state index contributed by atoms with van der Waals surface area (Å²) in [4.78, 5) is 1.22. The van der Waals surface area contributed by atoms with Crippen LogP contribution in [0.25, 0.3) is 24.8 Å². The van der Waals surface area contributed by atoms with E-state index in [0.717, 1.165) is 10.5 Å². The molecular formula is C31H38S. The lowest BCUT2D eigenvalue weighted by Crippen LogP contribution is -2.46.